The maximum atomic E-state index is 12.9. The summed E-state index contributed by atoms with van der Waals surface area (Å²) >= 11 is 0. The SMILES string of the molecule is C#CCCOCc1cc(F)ccc1C#N. The molecule has 1 aromatic rings. The molecule has 0 unspecified atom stereocenters. The van der Waals surface area contributed by atoms with Crippen molar-refractivity contribution in [2.24, 2.45) is 0 Å². The molecular formula is C12H10FNO. The van der Waals surface area contributed by atoms with E-state index in [2.05, 4.69) is 5.92 Å². The number of nitriles is 1. The van der Waals surface area contributed by atoms with Crippen molar-refractivity contribution in [2.75, 3.05) is 6.61 Å². The van der Waals surface area contributed by atoms with Gasteiger partial charge in [0.2, 0.25) is 0 Å². The first-order valence-corrected chi connectivity index (χ1v) is 4.47. The van der Waals surface area contributed by atoms with Crippen LogP contribution in [0.5, 0.6) is 0 Å². The first-order chi connectivity index (χ1) is 7.27. The normalized spacial score (nSPS) is 9.27. The van der Waals surface area contributed by atoms with Crippen LogP contribution in [0.4, 0.5) is 4.39 Å². The molecule has 15 heavy (non-hydrogen) atoms. The Bertz CT molecular complexity index is 415. The third-order valence-electron chi connectivity index (χ3n) is 1.84. The summed E-state index contributed by atoms with van der Waals surface area (Å²) in [5.41, 5.74) is 0.978. The zero-order chi connectivity index (χ0) is 11.1. The summed E-state index contributed by atoms with van der Waals surface area (Å²) < 4.78 is 18.1. The fraction of sp³-hybridized carbons (Fsp3) is 0.250. The van der Waals surface area contributed by atoms with Gasteiger partial charge >= 0.3 is 0 Å². The topological polar surface area (TPSA) is 33.0 Å². The molecule has 76 valence electrons. The number of rotatable bonds is 4. The second-order valence-corrected chi connectivity index (χ2v) is 2.92. The molecular weight excluding hydrogens is 193 g/mol. The fourth-order valence-corrected chi connectivity index (χ4v) is 1.10. The van der Waals surface area contributed by atoms with E-state index in [-0.39, 0.29) is 12.4 Å². The number of halogens is 1. The number of hydrogen-bond donors (Lipinski definition) is 0. The largest absolute Gasteiger partial charge is 0.376 e. The Morgan fingerprint density at radius 2 is 2.27 bits per heavy atom. The molecule has 1 aromatic carbocycles. The van der Waals surface area contributed by atoms with Crippen LogP contribution in [0.25, 0.3) is 0 Å². The van der Waals surface area contributed by atoms with Crippen LogP contribution < -0.4 is 0 Å². The van der Waals surface area contributed by atoms with E-state index in [0.717, 1.165) is 0 Å². The summed E-state index contributed by atoms with van der Waals surface area (Å²) in [6.45, 7) is 0.625. The summed E-state index contributed by atoms with van der Waals surface area (Å²) in [4.78, 5) is 0. The highest BCUT2D eigenvalue weighted by atomic mass is 19.1. The van der Waals surface area contributed by atoms with E-state index in [1.165, 1.54) is 18.2 Å². The lowest BCUT2D eigenvalue weighted by molar-refractivity contribution is 0.126. The van der Waals surface area contributed by atoms with Crippen molar-refractivity contribution in [3.05, 3.63) is 35.1 Å². The average Bonchev–Trinajstić information content (AvgIpc) is 2.25. The molecule has 0 N–H and O–H groups in total. The summed E-state index contributed by atoms with van der Waals surface area (Å²) in [5.74, 6) is 2.06. The number of benzene rings is 1. The standard InChI is InChI=1S/C12H10FNO/c1-2-3-6-15-9-11-7-12(13)5-4-10(11)8-14/h1,4-5,7H,3,6,9H2. The lowest BCUT2D eigenvalue weighted by Crippen LogP contribution is -1.98. The maximum absolute atomic E-state index is 12.9. The Labute approximate surface area is 88.3 Å². The predicted octanol–water partition coefficient (Wildman–Crippen LogP) is 2.24. The Balaban J connectivity index is 2.64. The molecule has 0 radical (unpaired) electrons. The van der Waals surface area contributed by atoms with E-state index in [9.17, 15) is 4.39 Å². The second-order valence-electron chi connectivity index (χ2n) is 2.92. The van der Waals surface area contributed by atoms with Gasteiger partial charge in [0, 0.05) is 6.42 Å². The zero-order valence-corrected chi connectivity index (χ0v) is 8.16. The molecule has 1 rings (SSSR count). The first-order valence-electron chi connectivity index (χ1n) is 4.47. The Kier molecular flexibility index (Phi) is 4.34. The van der Waals surface area contributed by atoms with Gasteiger partial charge in [0.1, 0.15) is 5.82 Å². The maximum Gasteiger partial charge on any atom is 0.123 e. The van der Waals surface area contributed by atoms with Crippen LogP contribution >= 0.6 is 0 Å². The molecule has 0 amide bonds. The summed E-state index contributed by atoms with van der Waals surface area (Å²) in [5, 5.41) is 8.75. The van der Waals surface area contributed by atoms with Gasteiger partial charge in [-0.1, -0.05) is 0 Å². The molecule has 0 saturated heterocycles. The monoisotopic (exact) mass is 203 g/mol. The van der Waals surface area contributed by atoms with Gasteiger partial charge < -0.3 is 4.74 Å². The summed E-state index contributed by atoms with van der Waals surface area (Å²) in [7, 11) is 0. The van der Waals surface area contributed by atoms with Crippen LogP contribution in [0.2, 0.25) is 0 Å². The highest BCUT2D eigenvalue weighted by molar-refractivity contribution is 5.37. The molecule has 0 bridgehead atoms. The van der Waals surface area contributed by atoms with E-state index in [4.69, 9.17) is 16.4 Å². The first kappa shape index (κ1) is 11.2. The van der Waals surface area contributed by atoms with Gasteiger partial charge in [0.15, 0.2) is 0 Å². The lowest BCUT2D eigenvalue weighted by Gasteiger charge is -2.04. The van der Waals surface area contributed by atoms with Crippen LogP contribution in [0.15, 0.2) is 18.2 Å². The van der Waals surface area contributed by atoms with E-state index in [1.807, 2.05) is 6.07 Å². The number of ether oxygens (including phenoxy) is 1. The summed E-state index contributed by atoms with van der Waals surface area (Å²) in [6.07, 6.45) is 5.56. The van der Waals surface area contributed by atoms with E-state index >= 15 is 0 Å². The molecule has 3 heteroatoms. The number of nitrogens with zero attached hydrogens (tertiary/aromatic N) is 1. The van der Waals surface area contributed by atoms with Gasteiger partial charge in [-0.25, -0.2) is 4.39 Å². The van der Waals surface area contributed by atoms with Crippen molar-refractivity contribution in [2.45, 2.75) is 13.0 Å². The highest BCUT2D eigenvalue weighted by Crippen LogP contribution is 2.11. The zero-order valence-electron chi connectivity index (χ0n) is 8.16. The second kappa shape index (κ2) is 5.80. The van der Waals surface area contributed by atoms with Crippen molar-refractivity contribution < 1.29 is 9.13 Å². The van der Waals surface area contributed by atoms with Crippen molar-refractivity contribution >= 4 is 0 Å². The van der Waals surface area contributed by atoms with Crippen molar-refractivity contribution in [1.82, 2.24) is 0 Å². The van der Waals surface area contributed by atoms with Crippen molar-refractivity contribution in [3.63, 3.8) is 0 Å². The van der Waals surface area contributed by atoms with Gasteiger partial charge in [0.05, 0.1) is 24.8 Å². The molecule has 0 spiro atoms. The molecule has 2 nitrogen and oxygen atoms in total. The Morgan fingerprint density at radius 3 is 2.93 bits per heavy atom. The highest BCUT2D eigenvalue weighted by Gasteiger charge is 2.03. The third kappa shape index (κ3) is 3.42. The van der Waals surface area contributed by atoms with Crippen molar-refractivity contribution in [3.8, 4) is 18.4 Å². The molecule has 0 atom stereocenters. The minimum absolute atomic E-state index is 0.211. The predicted molar refractivity (Wildman–Crippen MR) is 54.2 cm³/mol. The molecule has 0 aromatic heterocycles. The van der Waals surface area contributed by atoms with E-state index in [0.29, 0.717) is 24.2 Å². The third-order valence-corrected chi connectivity index (χ3v) is 1.84. The van der Waals surface area contributed by atoms with Gasteiger partial charge in [-0.2, -0.15) is 5.26 Å². The molecule has 0 fully saturated rings. The van der Waals surface area contributed by atoms with Gasteiger partial charge in [-0.15, -0.1) is 12.3 Å². The fourth-order valence-electron chi connectivity index (χ4n) is 1.10. The lowest BCUT2D eigenvalue weighted by atomic mass is 10.1. The Hall–Kier alpha value is -1.84. The molecule has 0 aliphatic rings. The number of hydrogen-bond acceptors (Lipinski definition) is 2. The molecule has 0 saturated carbocycles. The quantitative estimate of drug-likeness (QED) is 0.555. The van der Waals surface area contributed by atoms with Crippen molar-refractivity contribution in [1.29, 1.82) is 5.26 Å². The molecule has 0 aliphatic heterocycles. The minimum Gasteiger partial charge on any atom is -0.376 e. The van der Waals surface area contributed by atoms with E-state index < -0.39 is 0 Å². The van der Waals surface area contributed by atoms with Crippen LogP contribution in [-0.4, -0.2) is 6.61 Å². The average molecular weight is 203 g/mol. The molecule has 0 aliphatic carbocycles. The number of terminal acetylenes is 1. The minimum atomic E-state index is -0.371. The van der Waals surface area contributed by atoms with Gasteiger partial charge in [-0.05, 0) is 23.8 Å². The van der Waals surface area contributed by atoms with Gasteiger partial charge in [0.25, 0.3) is 0 Å². The van der Waals surface area contributed by atoms with Crippen LogP contribution in [-0.2, 0) is 11.3 Å². The van der Waals surface area contributed by atoms with Gasteiger partial charge in [-0.3, -0.25) is 0 Å². The van der Waals surface area contributed by atoms with Crippen LogP contribution in [0.3, 0.4) is 0 Å². The smallest absolute Gasteiger partial charge is 0.123 e. The molecule has 0 heterocycles. The van der Waals surface area contributed by atoms with E-state index in [1.54, 1.807) is 0 Å². The van der Waals surface area contributed by atoms with Crippen LogP contribution in [0, 0.1) is 29.5 Å². The summed E-state index contributed by atoms with van der Waals surface area (Å²) in [6, 6.07) is 5.97. The Morgan fingerprint density at radius 1 is 1.47 bits per heavy atom. The van der Waals surface area contributed by atoms with Crippen LogP contribution in [0.1, 0.15) is 17.5 Å².